The number of thioether (sulfide) groups is 1. The van der Waals surface area contributed by atoms with Crippen LogP contribution < -0.4 is 10.7 Å². The van der Waals surface area contributed by atoms with E-state index in [0.717, 1.165) is 26.5 Å². The lowest BCUT2D eigenvalue weighted by Gasteiger charge is -2.41. The highest BCUT2D eigenvalue weighted by Gasteiger charge is 2.53. The molecule has 2 atom stereocenters. The number of hydrogen-bond donors (Lipinski definition) is 1. The number of nitrogens with zero attached hydrogens (tertiary/aromatic N) is 4. The van der Waals surface area contributed by atoms with E-state index in [0.29, 0.717) is 6.54 Å². The molecule has 4 heterocycles. The third kappa shape index (κ3) is 3.74. The van der Waals surface area contributed by atoms with E-state index in [-0.39, 0.29) is 5.92 Å². The quantitative estimate of drug-likeness (QED) is 0.356. The molecule has 4 aromatic rings. The summed E-state index contributed by atoms with van der Waals surface area (Å²) >= 11 is 6.86. The molecule has 0 saturated carbocycles. The number of nitrogens with two attached hydrogens (primary N) is 1. The zero-order chi connectivity index (χ0) is 21.3. The summed E-state index contributed by atoms with van der Waals surface area (Å²) in [6.07, 6.45) is 0.837. The van der Waals surface area contributed by atoms with Crippen LogP contribution in [-0.4, -0.2) is 21.8 Å². The molecule has 1 aliphatic rings. The molecule has 0 amide bonds. The maximum absolute atomic E-state index is 6.17. The first-order valence-electron chi connectivity index (χ1n) is 9.93. The Hall–Kier alpha value is -2.04. The van der Waals surface area contributed by atoms with Gasteiger partial charge in [0.15, 0.2) is 0 Å². The van der Waals surface area contributed by atoms with Gasteiger partial charge >= 0.3 is 0 Å². The van der Waals surface area contributed by atoms with Gasteiger partial charge in [-0.3, -0.25) is 0 Å². The Morgan fingerprint density at radius 3 is 2.45 bits per heavy atom. The third-order valence-corrected chi connectivity index (χ3v) is 9.49. The van der Waals surface area contributed by atoms with E-state index >= 15 is 0 Å². The Morgan fingerprint density at radius 1 is 1.00 bits per heavy atom. The molecule has 158 valence electrons. The summed E-state index contributed by atoms with van der Waals surface area (Å²) in [6.45, 7) is 2.57. The first kappa shape index (κ1) is 20.8. The predicted molar refractivity (Wildman–Crippen MR) is 134 cm³/mol. The van der Waals surface area contributed by atoms with E-state index in [1.165, 1.54) is 10.4 Å². The maximum Gasteiger partial charge on any atom is 0.230 e. The van der Waals surface area contributed by atoms with Gasteiger partial charge in [-0.15, -0.1) is 32.9 Å². The maximum atomic E-state index is 6.17. The number of benzene rings is 1. The molecule has 0 saturated heterocycles. The monoisotopic (exact) mass is 483 g/mol. The van der Waals surface area contributed by atoms with E-state index < -0.39 is 4.87 Å². The molecule has 2 N–H and O–H groups in total. The van der Waals surface area contributed by atoms with Crippen molar-refractivity contribution >= 4 is 55.9 Å². The van der Waals surface area contributed by atoms with Crippen LogP contribution in [0.3, 0.4) is 0 Å². The van der Waals surface area contributed by atoms with Crippen LogP contribution in [0.25, 0.3) is 0 Å². The summed E-state index contributed by atoms with van der Waals surface area (Å²) in [7, 11) is 0. The van der Waals surface area contributed by atoms with Crippen LogP contribution >= 0.6 is 45.8 Å². The summed E-state index contributed by atoms with van der Waals surface area (Å²) in [5, 5.41) is 23.0. The predicted octanol–water partition coefficient (Wildman–Crippen LogP) is 5.87. The Labute approximate surface area is 197 Å². The SMILES string of the molecule is Cc1nnc(N2N=C(c3cccs3)SC2(c2ccccc2)C(CCN)c2cccs2)s1. The summed E-state index contributed by atoms with van der Waals surface area (Å²) < 4.78 is 0. The Morgan fingerprint density at radius 2 is 1.81 bits per heavy atom. The summed E-state index contributed by atoms with van der Waals surface area (Å²) in [5.74, 6) is 0.135. The van der Waals surface area contributed by atoms with Gasteiger partial charge in [0, 0.05) is 10.8 Å². The molecule has 0 spiro atoms. The Bertz CT molecular complexity index is 1150. The van der Waals surface area contributed by atoms with Gasteiger partial charge in [-0.1, -0.05) is 65.6 Å². The second-order valence-corrected chi connectivity index (χ2v) is 11.4. The summed E-state index contributed by atoms with van der Waals surface area (Å²) in [5.41, 5.74) is 7.36. The van der Waals surface area contributed by atoms with E-state index in [2.05, 4.69) is 80.6 Å². The highest BCUT2D eigenvalue weighted by atomic mass is 32.2. The number of rotatable bonds is 7. The zero-order valence-corrected chi connectivity index (χ0v) is 20.1. The standard InChI is InChI=1S/C22H21N5S4/c1-15-24-25-21(30-15)27-22(16-7-3-2-4-8-16,17(11-12-23)18-9-5-13-28-18)31-20(26-27)19-10-6-14-29-19/h2-10,13-14,17H,11-12,23H2,1H3. The van der Waals surface area contributed by atoms with Gasteiger partial charge in [-0.2, -0.15) is 5.10 Å². The first-order valence-corrected chi connectivity index (χ1v) is 13.3. The Kier molecular flexibility index (Phi) is 5.94. The fourth-order valence-electron chi connectivity index (χ4n) is 3.90. The highest BCUT2D eigenvalue weighted by molar-refractivity contribution is 8.15. The zero-order valence-electron chi connectivity index (χ0n) is 16.8. The molecule has 3 aromatic heterocycles. The van der Waals surface area contributed by atoms with Crippen LogP contribution in [0.15, 0.2) is 70.5 Å². The number of hydrazone groups is 1. The summed E-state index contributed by atoms with van der Waals surface area (Å²) in [4.78, 5) is 1.96. The molecular weight excluding hydrogens is 463 g/mol. The molecule has 9 heteroatoms. The molecule has 0 bridgehead atoms. The van der Waals surface area contributed by atoms with Crippen LogP contribution in [0.1, 0.15) is 32.7 Å². The normalized spacial score (nSPS) is 19.5. The van der Waals surface area contributed by atoms with Crippen LogP contribution in [-0.2, 0) is 4.87 Å². The molecule has 1 aromatic carbocycles. The van der Waals surface area contributed by atoms with Crippen molar-refractivity contribution in [2.75, 3.05) is 11.6 Å². The van der Waals surface area contributed by atoms with Gasteiger partial charge in [0.1, 0.15) is 14.9 Å². The van der Waals surface area contributed by atoms with Crippen molar-refractivity contribution in [3.8, 4) is 0 Å². The van der Waals surface area contributed by atoms with E-state index in [4.69, 9.17) is 10.8 Å². The molecule has 0 aliphatic carbocycles. The first-order chi connectivity index (χ1) is 15.2. The van der Waals surface area contributed by atoms with Gasteiger partial charge in [-0.25, -0.2) is 5.01 Å². The van der Waals surface area contributed by atoms with Crippen molar-refractivity contribution in [1.29, 1.82) is 0 Å². The number of thiophene rings is 2. The van der Waals surface area contributed by atoms with Gasteiger partial charge in [0.05, 0.1) is 4.88 Å². The Balaban J connectivity index is 1.75. The average Bonchev–Trinajstić information content (AvgIpc) is 3.59. The van der Waals surface area contributed by atoms with Gasteiger partial charge < -0.3 is 5.73 Å². The number of hydrogen-bond acceptors (Lipinski definition) is 9. The minimum Gasteiger partial charge on any atom is -0.330 e. The minimum absolute atomic E-state index is 0.135. The van der Waals surface area contributed by atoms with Crippen LogP contribution in [0.2, 0.25) is 0 Å². The van der Waals surface area contributed by atoms with Crippen molar-refractivity contribution < 1.29 is 0 Å². The third-order valence-electron chi connectivity index (χ3n) is 5.19. The van der Waals surface area contributed by atoms with Crippen molar-refractivity contribution in [2.45, 2.75) is 24.1 Å². The van der Waals surface area contributed by atoms with Crippen molar-refractivity contribution in [3.63, 3.8) is 0 Å². The van der Waals surface area contributed by atoms with Crippen LogP contribution in [0.5, 0.6) is 0 Å². The smallest absolute Gasteiger partial charge is 0.230 e. The van der Waals surface area contributed by atoms with Crippen LogP contribution in [0.4, 0.5) is 5.13 Å². The van der Waals surface area contributed by atoms with Gasteiger partial charge in [0.2, 0.25) is 5.13 Å². The lowest BCUT2D eigenvalue weighted by atomic mass is 9.87. The van der Waals surface area contributed by atoms with E-state index in [1.807, 2.05) is 6.92 Å². The number of aromatic nitrogens is 2. The lowest BCUT2D eigenvalue weighted by Crippen LogP contribution is -2.43. The van der Waals surface area contributed by atoms with Gasteiger partial charge in [-0.05, 0) is 48.3 Å². The molecule has 2 unspecified atom stereocenters. The minimum atomic E-state index is -0.503. The average molecular weight is 484 g/mol. The molecule has 5 rings (SSSR count). The molecular formula is C22H21N5S4. The van der Waals surface area contributed by atoms with Crippen molar-refractivity contribution in [3.05, 3.63) is 85.7 Å². The number of anilines is 1. The fraction of sp³-hybridized carbons (Fsp3) is 0.227. The van der Waals surface area contributed by atoms with Crippen LogP contribution in [0, 0.1) is 6.92 Å². The summed E-state index contributed by atoms with van der Waals surface area (Å²) in [6, 6.07) is 19.2. The molecule has 0 fully saturated rings. The molecule has 1 aliphatic heterocycles. The number of aryl methyl sites for hydroxylation is 1. The van der Waals surface area contributed by atoms with E-state index in [9.17, 15) is 0 Å². The van der Waals surface area contributed by atoms with E-state index in [1.54, 1.807) is 45.8 Å². The fourth-order valence-corrected chi connectivity index (χ4v) is 7.97. The topological polar surface area (TPSA) is 67.4 Å². The highest BCUT2D eigenvalue weighted by Crippen LogP contribution is 2.58. The van der Waals surface area contributed by atoms with Crippen molar-refractivity contribution in [1.82, 2.24) is 10.2 Å². The lowest BCUT2D eigenvalue weighted by molar-refractivity contribution is 0.457. The molecule has 5 nitrogen and oxygen atoms in total. The van der Waals surface area contributed by atoms with Crippen molar-refractivity contribution in [2.24, 2.45) is 10.8 Å². The largest absolute Gasteiger partial charge is 0.330 e. The molecule has 0 radical (unpaired) electrons. The molecule has 31 heavy (non-hydrogen) atoms. The second-order valence-electron chi connectivity index (χ2n) is 7.11. The van der Waals surface area contributed by atoms with Gasteiger partial charge in [0.25, 0.3) is 0 Å². The second kappa shape index (κ2) is 8.84.